The van der Waals surface area contributed by atoms with Gasteiger partial charge in [-0.3, -0.25) is 4.79 Å². The third kappa shape index (κ3) is 3.05. The molecule has 2 rings (SSSR count). The molecule has 1 amide bonds. The van der Waals surface area contributed by atoms with E-state index < -0.39 is 17.6 Å². The van der Waals surface area contributed by atoms with Crippen LogP contribution in [0.3, 0.4) is 0 Å². The molecular weight excluding hydrogens is 277 g/mol. The zero-order valence-corrected chi connectivity index (χ0v) is 10.3. The summed E-state index contributed by atoms with van der Waals surface area (Å²) in [5.74, 6) is -0.451. The Kier molecular flexibility index (Phi) is 3.48. The number of nitrogens with one attached hydrogen (secondary N) is 1. The maximum atomic E-state index is 12.6. The number of nitrogen functional groups attached to an aromatic ring is 1. The van der Waals surface area contributed by atoms with E-state index in [4.69, 9.17) is 5.73 Å². The van der Waals surface area contributed by atoms with Crippen molar-refractivity contribution < 1.29 is 18.0 Å². The molecule has 19 heavy (non-hydrogen) atoms. The highest BCUT2D eigenvalue weighted by atomic mass is 32.1. The molecule has 3 N–H and O–H groups in total. The summed E-state index contributed by atoms with van der Waals surface area (Å²) in [5, 5.41) is 4.11. The first-order valence-corrected chi connectivity index (χ1v) is 6.07. The molecule has 1 heterocycles. The number of carbonyl (C=O) groups is 1. The summed E-state index contributed by atoms with van der Waals surface area (Å²) in [4.78, 5) is 12.1. The van der Waals surface area contributed by atoms with Crippen LogP contribution in [0.5, 0.6) is 0 Å². The topological polar surface area (TPSA) is 55.1 Å². The van der Waals surface area contributed by atoms with E-state index in [1.807, 2.05) is 0 Å². The normalized spacial score (nSPS) is 11.3. The van der Waals surface area contributed by atoms with Crippen LogP contribution in [0.25, 0.3) is 0 Å². The molecule has 2 aromatic rings. The standard InChI is InChI=1S/C12H9F3N2OS/c13-12(14,15)8-6-7(3-4-9(8)16)17-11(18)10-2-1-5-19-10/h1-6H,16H2,(H,17,18). The highest BCUT2D eigenvalue weighted by molar-refractivity contribution is 7.12. The van der Waals surface area contributed by atoms with E-state index in [1.54, 1.807) is 17.5 Å². The van der Waals surface area contributed by atoms with Crippen molar-refractivity contribution in [2.45, 2.75) is 6.18 Å². The summed E-state index contributed by atoms with van der Waals surface area (Å²) < 4.78 is 37.9. The molecule has 0 saturated heterocycles. The monoisotopic (exact) mass is 286 g/mol. The Labute approximate surface area is 110 Å². The number of hydrogen-bond donors (Lipinski definition) is 2. The number of rotatable bonds is 2. The number of anilines is 2. The average molecular weight is 286 g/mol. The van der Waals surface area contributed by atoms with Crippen LogP contribution in [-0.4, -0.2) is 5.91 Å². The molecule has 0 bridgehead atoms. The van der Waals surface area contributed by atoms with Gasteiger partial charge in [0.05, 0.1) is 10.4 Å². The summed E-state index contributed by atoms with van der Waals surface area (Å²) >= 11 is 1.20. The van der Waals surface area contributed by atoms with E-state index >= 15 is 0 Å². The maximum Gasteiger partial charge on any atom is 0.418 e. The van der Waals surface area contributed by atoms with E-state index in [9.17, 15) is 18.0 Å². The highest BCUT2D eigenvalue weighted by Gasteiger charge is 2.33. The van der Waals surface area contributed by atoms with Crippen LogP contribution in [-0.2, 0) is 6.18 Å². The highest BCUT2D eigenvalue weighted by Crippen LogP contribution is 2.35. The van der Waals surface area contributed by atoms with Gasteiger partial charge in [-0.1, -0.05) is 6.07 Å². The van der Waals surface area contributed by atoms with Crippen LogP contribution in [0.4, 0.5) is 24.5 Å². The number of carbonyl (C=O) groups excluding carboxylic acids is 1. The minimum absolute atomic E-state index is 0.0555. The molecule has 0 aliphatic carbocycles. The van der Waals surface area contributed by atoms with Crippen LogP contribution >= 0.6 is 11.3 Å². The average Bonchev–Trinajstić information content (AvgIpc) is 2.83. The number of nitrogens with two attached hydrogens (primary N) is 1. The second kappa shape index (κ2) is 4.93. The first-order chi connectivity index (χ1) is 8.88. The Morgan fingerprint density at radius 1 is 1.26 bits per heavy atom. The molecule has 100 valence electrons. The van der Waals surface area contributed by atoms with Gasteiger partial charge in [0.25, 0.3) is 5.91 Å². The third-order valence-electron chi connectivity index (χ3n) is 2.36. The Balaban J connectivity index is 2.25. The van der Waals surface area contributed by atoms with Crippen molar-refractivity contribution in [2.24, 2.45) is 0 Å². The smallest absolute Gasteiger partial charge is 0.398 e. The quantitative estimate of drug-likeness (QED) is 0.829. The number of benzene rings is 1. The lowest BCUT2D eigenvalue weighted by molar-refractivity contribution is -0.136. The van der Waals surface area contributed by atoms with Crippen molar-refractivity contribution in [3.63, 3.8) is 0 Å². The molecular formula is C12H9F3N2OS. The zero-order chi connectivity index (χ0) is 14.0. The van der Waals surface area contributed by atoms with Gasteiger partial charge < -0.3 is 11.1 Å². The van der Waals surface area contributed by atoms with Crippen molar-refractivity contribution in [3.05, 3.63) is 46.2 Å². The summed E-state index contributed by atoms with van der Waals surface area (Å²) in [5.41, 5.74) is 3.99. The lowest BCUT2D eigenvalue weighted by Gasteiger charge is -2.12. The lowest BCUT2D eigenvalue weighted by Crippen LogP contribution is -2.13. The van der Waals surface area contributed by atoms with Crippen molar-refractivity contribution in [3.8, 4) is 0 Å². The van der Waals surface area contributed by atoms with Gasteiger partial charge in [0.1, 0.15) is 0 Å². The minimum atomic E-state index is -4.55. The van der Waals surface area contributed by atoms with Crippen LogP contribution in [0.1, 0.15) is 15.2 Å². The number of alkyl halides is 3. The van der Waals surface area contributed by atoms with E-state index in [0.29, 0.717) is 4.88 Å². The van der Waals surface area contributed by atoms with E-state index in [-0.39, 0.29) is 11.4 Å². The van der Waals surface area contributed by atoms with Crippen molar-refractivity contribution in [1.29, 1.82) is 0 Å². The number of thiophene rings is 1. The molecule has 1 aromatic heterocycles. The third-order valence-corrected chi connectivity index (χ3v) is 3.23. The second-order valence-electron chi connectivity index (χ2n) is 3.73. The molecule has 0 fully saturated rings. The molecule has 7 heteroatoms. The van der Waals surface area contributed by atoms with Gasteiger partial charge in [0, 0.05) is 11.4 Å². The first-order valence-electron chi connectivity index (χ1n) is 5.19. The minimum Gasteiger partial charge on any atom is -0.398 e. The molecule has 0 unspecified atom stereocenters. The Morgan fingerprint density at radius 3 is 2.58 bits per heavy atom. The lowest BCUT2D eigenvalue weighted by atomic mass is 10.1. The largest absolute Gasteiger partial charge is 0.418 e. The number of halogens is 3. The number of hydrogen-bond acceptors (Lipinski definition) is 3. The molecule has 0 saturated carbocycles. The predicted molar refractivity (Wildman–Crippen MR) is 68.1 cm³/mol. The van der Waals surface area contributed by atoms with Crippen LogP contribution in [0.15, 0.2) is 35.7 Å². The molecule has 0 aliphatic rings. The molecule has 1 aromatic carbocycles. The predicted octanol–water partition coefficient (Wildman–Crippen LogP) is 3.60. The Bertz CT molecular complexity index is 594. The van der Waals surface area contributed by atoms with Gasteiger partial charge in [-0.25, -0.2) is 0 Å². The summed E-state index contributed by atoms with van der Waals surface area (Å²) in [6.07, 6.45) is -4.55. The molecule has 0 radical (unpaired) electrons. The summed E-state index contributed by atoms with van der Waals surface area (Å²) in [6.45, 7) is 0. The van der Waals surface area contributed by atoms with Crippen LogP contribution in [0.2, 0.25) is 0 Å². The van der Waals surface area contributed by atoms with Gasteiger partial charge in [0.15, 0.2) is 0 Å². The fraction of sp³-hybridized carbons (Fsp3) is 0.0833. The molecule has 0 aliphatic heterocycles. The first kappa shape index (κ1) is 13.4. The van der Waals surface area contributed by atoms with Gasteiger partial charge in [-0.05, 0) is 29.6 Å². The zero-order valence-electron chi connectivity index (χ0n) is 9.49. The van der Waals surface area contributed by atoms with Crippen molar-refractivity contribution in [1.82, 2.24) is 0 Å². The molecule has 3 nitrogen and oxygen atoms in total. The van der Waals surface area contributed by atoms with Gasteiger partial charge in [-0.2, -0.15) is 13.2 Å². The number of amides is 1. The van der Waals surface area contributed by atoms with E-state index in [2.05, 4.69) is 5.32 Å². The van der Waals surface area contributed by atoms with Crippen molar-refractivity contribution >= 4 is 28.6 Å². The van der Waals surface area contributed by atoms with E-state index in [1.165, 1.54) is 17.4 Å². The maximum absolute atomic E-state index is 12.6. The molecule has 0 spiro atoms. The fourth-order valence-corrected chi connectivity index (χ4v) is 2.10. The summed E-state index contributed by atoms with van der Waals surface area (Å²) in [6, 6.07) is 6.54. The second-order valence-corrected chi connectivity index (χ2v) is 4.68. The van der Waals surface area contributed by atoms with Crippen LogP contribution < -0.4 is 11.1 Å². The van der Waals surface area contributed by atoms with Crippen molar-refractivity contribution in [2.75, 3.05) is 11.1 Å². The van der Waals surface area contributed by atoms with Gasteiger partial charge in [0.2, 0.25) is 0 Å². The van der Waals surface area contributed by atoms with E-state index in [0.717, 1.165) is 12.1 Å². The van der Waals surface area contributed by atoms with Gasteiger partial charge >= 0.3 is 6.18 Å². The fourth-order valence-electron chi connectivity index (χ4n) is 1.48. The SMILES string of the molecule is Nc1ccc(NC(=O)c2cccs2)cc1C(F)(F)F. The molecule has 0 atom stereocenters. The van der Waals surface area contributed by atoms with Crippen LogP contribution in [0, 0.1) is 0 Å². The Hall–Kier alpha value is -2.02. The summed E-state index contributed by atoms with van der Waals surface area (Å²) in [7, 11) is 0. The Morgan fingerprint density at radius 2 is 2.00 bits per heavy atom. The van der Waals surface area contributed by atoms with Gasteiger partial charge in [-0.15, -0.1) is 11.3 Å².